The van der Waals surface area contributed by atoms with Crippen LogP contribution in [0.1, 0.15) is 47.0 Å². The van der Waals surface area contributed by atoms with Crippen LogP contribution >= 0.6 is 0 Å². The molecule has 0 saturated carbocycles. The summed E-state index contributed by atoms with van der Waals surface area (Å²) in [6.45, 7) is 9.00. The van der Waals surface area contributed by atoms with Crippen LogP contribution in [0.15, 0.2) is 0 Å². The van der Waals surface area contributed by atoms with Crippen molar-refractivity contribution < 1.29 is 4.74 Å². The molecule has 0 aliphatic rings. The zero-order chi connectivity index (χ0) is 11.2. The second-order valence-corrected chi connectivity index (χ2v) is 5.37. The second kappa shape index (κ2) is 6.41. The molecule has 0 aliphatic heterocycles. The van der Waals surface area contributed by atoms with E-state index in [1.165, 1.54) is 12.8 Å². The molecule has 0 spiro atoms. The smallest absolute Gasteiger partial charge is 0.0558 e. The van der Waals surface area contributed by atoms with E-state index in [4.69, 9.17) is 4.74 Å². The molecule has 0 aromatic heterocycles. The van der Waals surface area contributed by atoms with E-state index >= 15 is 0 Å². The van der Waals surface area contributed by atoms with Gasteiger partial charge in [-0.15, -0.1) is 0 Å². The molecule has 0 heterocycles. The fourth-order valence-corrected chi connectivity index (χ4v) is 1.48. The summed E-state index contributed by atoms with van der Waals surface area (Å²) in [4.78, 5) is 0. The fourth-order valence-electron chi connectivity index (χ4n) is 1.48. The van der Waals surface area contributed by atoms with Crippen LogP contribution in [0.4, 0.5) is 0 Å². The Hall–Kier alpha value is -0.0800. The van der Waals surface area contributed by atoms with Gasteiger partial charge < -0.3 is 10.1 Å². The third kappa shape index (κ3) is 7.34. The SMILES string of the molecule is CNC(CCC(C)(C)C)CC(C)OC. The molecule has 2 unspecified atom stereocenters. The van der Waals surface area contributed by atoms with Gasteiger partial charge in [0.2, 0.25) is 0 Å². The molecular formula is C12H27NO. The number of rotatable bonds is 6. The average Bonchev–Trinajstić information content (AvgIpc) is 2.10. The number of hydrogen-bond acceptors (Lipinski definition) is 2. The molecule has 14 heavy (non-hydrogen) atoms. The van der Waals surface area contributed by atoms with E-state index in [2.05, 4.69) is 33.0 Å². The first-order valence-corrected chi connectivity index (χ1v) is 5.59. The van der Waals surface area contributed by atoms with Gasteiger partial charge in [0.25, 0.3) is 0 Å². The zero-order valence-electron chi connectivity index (χ0n) is 10.7. The minimum absolute atomic E-state index is 0.354. The van der Waals surface area contributed by atoms with Crippen molar-refractivity contribution in [3.8, 4) is 0 Å². The predicted octanol–water partition coefficient (Wildman–Crippen LogP) is 2.83. The Bertz CT molecular complexity index is 140. The molecular weight excluding hydrogens is 174 g/mol. The van der Waals surface area contributed by atoms with Gasteiger partial charge in [0, 0.05) is 13.2 Å². The predicted molar refractivity (Wildman–Crippen MR) is 62.6 cm³/mol. The number of hydrogen-bond donors (Lipinski definition) is 1. The standard InChI is InChI=1S/C12H27NO/c1-10(14-6)9-11(13-5)7-8-12(2,3)4/h10-11,13H,7-9H2,1-6H3. The highest BCUT2D eigenvalue weighted by atomic mass is 16.5. The summed E-state index contributed by atoms with van der Waals surface area (Å²) in [5.41, 5.74) is 0.436. The molecule has 0 bridgehead atoms. The van der Waals surface area contributed by atoms with Crippen molar-refractivity contribution in [3.05, 3.63) is 0 Å². The van der Waals surface area contributed by atoms with Gasteiger partial charge in [-0.25, -0.2) is 0 Å². The Morgan fingerprint density at radius 1 is 1.29 bits per heavy atom. The lowest BCUT2D eigenvalue weighted by atomic mass is 9.88. The van der Waals surface area contributed by atoms with Gasteiger partial charge in [0.05, 0.1) is 6.10 Å². The van der Waals surface area contributed by atoms with Crippen LogP contribution in [0, 0.1) is 5.41 Å². The van der Waals surface area contributed by atoms with Gasteiger partial charge in [-0.3, -0.25) is 0 Å². The van der Waals surface area contributed by atoms with Crippen LogP contribution in [-0.2, 0) is 4.74 Å². The van der Waals surface area contributed by atoms with Crippen molar-refractivity contribution >= 4 is 0 Å². The maximum absolute atomic E-state index is 5.27. The summed E-state index contributed by atoms with van der Waals surface area (Å²) in [6, 6.07) is 0.587. The van der Waals surface area contributed by atoms with Gasteiger partial charge in [-0.05, 0) is 38.6 Å². The molecule has 0 rings (SSSR count). The first-order valence-electron chi connectivity index (χ1n) is 5.59. The minimum atomic E-state index is 0.354. The highest BCUT2D eigenvalue weighted by Crippen LogP contribution is 2.22. The van der Waals surface area contributed by atoms with Crippen molar-refractivity contribution in [2.24, 2.45) is 5.41 Å². The summed E-state index contributed by atoms with van der Waals surface area (Å²) >= 11 is 0. The Morgan fingerprint density at radius 3 is 2.21 bits per heavy atom. The Labute approximate surface area is 89.4 Å². The van der Waals surface area contributed by atoms with Crippen molar-refractivity contribution in [1.29, 1.82) is 0 Å². The summed E-state index contributed by atoms with van der Waals surface area (Å²) in [6.07, 6.45) is 3.94. The van der Waals surface area contributed by atoms with Crippen LogP contribution in [0.5, 0.6) is 0 Å². The highest BCUT2D eigenvalue weighted by Gasteiger charge is 2.15. The van der Waals surface area contributed by atoms with Crippen LogP contribution < -0.4 is 5.32 Å². The zero-order valence-corrected chi connectivity index (χ0v) is 10.7. The summed E-state index contributed by atoms with van der Waals surface area (Å²) in [5, 5.41) is 3.36. The topological polar surface area (TPSA) is 21.3 Å². The van der Waals surface area contributed by atoms with E-state index < -0.39 is 0 Å². The molecule has 0 fully saturated rings. The van der Waals surface area contributed by atoms with Crippen molar-refractivity contribution in [3.63, 3.8) is 0 Å². The van der Waals surface area contributed by atoms with E-state index in [0.717, 1.165) is 6.42 Å². The van der Waals surface area contributed by atoms with Crippen molar-refractivity contribution in [1.82, 2.24) is 5.32 Å². The van der Waals surface area contributed by atoms with Gasteiger partial charge in [0.1, 0.15) is 0 Å². The maximum Gasteiger partial charge on any atom is 0.0558 e. The molecule has 0 radical (unpaired) electrons. The lowest BCUT2D eigenvalue weighted by molar-refractivity contribution is 0.0985. The monoisotopic (exact) mass is 201 g/mol. The normalized spacial score (nSPS) is 16.7. The van der Waals surface area contributed by atoms with Gasteiger partial charge in [-0.2, -0.15) is 0 Å². The largest absolute Gasteiger partial charge is 0.382 e. The van der Waals surface area contributed by atoms with Crippen LogP contribution in [-0.4, -0.2) is 26.3 Å². The molecule has 0 aromatic rings. The lowest BCUT2D eigenvalue weighted by Gasteiger charge is -2.24. The summed E-state index contributed by atoms with van der Waals surface area (Å²) in [5.74, 6) is 0. The third-order valence-corrected chi connectivity index (χ3v) is 2.67. The quantitative estimate of drug-likeness (QED) is 0.713. The molecule has 2 heteroatoms. The van der Waals surface area contributed by atoms with Gasteiger partial charge >= 0.3 is 0 Å². The minimum Gasteiger partial charge on any atom is -0.382 e. The summed E-state index contributed by atoms with van der Waals surface area (Å²) in [7, 11) is 3.82. The van der Waals surface area contributed by atoms with Gasteiger partial charge in [-0.1, -0.05) is 20.8 Å². The van der Waals surface area contributed by atoms with Crippen LogP contribution in [0.25, 0.3) is 0 Å². The maximum atomic E-state index is 5.27. The number of nitrogens with one attached hydrogen (secondary N) is 1. The molecule has 0 aromatic carbocycles. The molecule has 0 saturated heterocycles. The molecule has 86 valence electrons. The van der Waals surface area contributed by atoms with E-state index in [0.29, 0.717) is 17.6 Å². The van der Waals surface area contributed by atoms with Crippen LogP contribution in [0.2, 0.25) is 0 Å². The molecule has 2 nitrogen and oxygen atoms in total. The average molecular weight is 201 g/mol. The Balaban J connectivity index is 3.80. The van der Waals surface area contributed by atoms with E-state index in [-0.39, 0.29) is 0 Å². The molecule has 0 aliphatic carbocycles. The number of methoxy groups -OCH3 is 1. The first kappa shape index (κ1) is 13.9. The van der Waals surface area contributed by atoms with Gasteiger partial charge in [0.15, 0.2) is 0 Å². The van der Waals surface area contributed by atoms with Crippen molar-refractivity contribution in [2.45, 2.75) is 59.1 Å². The summed E-state index contributed by atoms with van der Waals surface area (Å²) < 4.78 is 5.27. The van der Waals surface area contributed by atoms with E-state index in [1.54, 1.807) is 7.11 Å². The molecule has 1 N–H and O–H groups in total. The van der Waals surface area contributed by atoms with Crippen molar-refractivity contribution in [2.75, 3.05) is 14.2 Å². The molecule has 2 atom stereocenters. The van der Waals surface area contributed by atoms with Crippen LogP contribution in [0.3, 0.4) is 0 Å². The lowest BCUT2D eigenvalue weighted by Crippen LogP contribution is -2.30. The van der Waals surface area contributed by atoms with E-state index in [1.807, 2.05) is 7.05 Å². The fraction of sp³-hybridized carbons (Fsp3) is 1.00. The third-order valence-electron chi connectivity index (χ3n) is 2.67. The second-order valence-electron chi connectivity index (χ2n) is 5.37. The Kier molecular flexibility index (Phi) is 6.38. The first-order chi connectivity index (χ1) is 6.39. The highest BCUT2D eigenvalue weighted by molar-refractivity contribution is 4.72. The molecule has 0 amide bonds. The Morgan fingerprint density at radius 2 is 1.86 bits per heavy atom. The number of ether oxygens (including phenoxy) is 1. The van der Waals surface area contributed by atoms with E-state index in [9.17, 15) is 0 Å².